The number of phenols is 1. The highest BCUT2D eigenvalue weighted by Crippen LogP contribution is 2.27. The number of benzene rings is 3. The summed E-state index contributed by atoms with van der Waals surface area (Å²) < 4.78 is 1.52. The Balaban J connectivity index is 1.57. The van der Waals surface area contributed by atoms with Gasteiger partial charge in [-0.25, -0.2) is 5.43 Å². The number of hydrogen-bond acceptors (Lipinski definition) is 4. The number of halogens is 2. The molecule has 1 amide bonds. The maximum atomic E-state index is 11.9. The van der Waals surface area contributed by atoms with Gasteiger partial charge in [-0.3, -0.25) is 4.79 Å². The second kappa shape index (κ2) is 8.50. The fourth-order valence-electron chi connectivity index (χ4n) is 2.38. The van der Waals surface area contributed by atoms with Crippen LogP contribution in [0.4, 0.5) is 5.69 Å². The highest BCUT2D eigenvalue weighted by Gasteiger charge is 2.06. The van der Waals surface area contributed by atoms with E-state index >= 15 is 0 Å². The van der Waals surface area contributed by atoms with E-state index in [1.807, 2.05) is 65.1 Å². The van der Waals surface area contributed by atoms with Crippen molar-refractivity contribution in [3.05, 3.63) is 68.2 Å². The van der Waals surface area contributed by atoms with Crippen molar-refractivity contribution in [3.8, 4) is 5.75 Å². The summed E-state index contributed by atoms with van der Waals surface area (Å²) >= 11 is 5.39. The largest absolute Gasteiger partial charge is 0.506 e. The summed E-state index contributed by atoms with van der Waals surface area (Å²) in [4.78, 5) is 11.9. The standard InChI is InChI=1S/C19H15BrIN3O2/c20-15-7-14(19(26)17(21)9-15)10-23-24-18(25)11-22-16-6-5-12-3-1-2-4-13(12)8-16/h1-10,22,26H,11H2,(H,24,25)/b23-10+. The molecule has 0 fully saturated rings. The Kier molecular flexibility index (Phi) is 6.10. The summed E-state index contributed by atoms with van der Waals surface area (Å²) in [5.74, 6) is -0.153. The van der Waals surface area contributed by atoms with Crippen molar-refractivity contribution in [1.29, 1.82) is 0 Å². The molecule has 0 aliphatic rings. The molecule has 0 unspecified atom stereocenters. The second-order valence-electron chi connectivity index (χ2n) is 5.53. The topological polar surface area (TPSA) is 73.7 Å². The van der Waals surface area contributed by atoms with E-state index in [1.165, 1.54) is 6.21 Å². The Labute approximate surface area is 172 Å². The summed E-state index contributed by atoms with van der Waals surface area (Å²) in [7, 11) is 0. The van der Waals surface area contributed by atoms with Crippen molar-refractivity contribution in [2.45, 2.75) is 0 Å². The first-order valence-electron chi connectivity index (χ1n) is 7.75. The van der Waals surface area contributed by atoms with Crippen LogP contribution in [0.25, 0.3) is 10.8 Å². The van der Waals surface area contributed by atoms with Gasteiger partial charge in [-0.05, 0) is 57.6 Å². The number of carbonyl (C=O) groups excluding carboxylic acids is 1. The minimum absolute atomic E-state index is 0.0949. The van der Waals surface area contributed by atoms with Crippen LogP contribution in [0.3, 0.4) is 0 Å². The minimum Gasteiger partial charge on any atom is -0.506 e. The van der Waals surface area contributed by atoms with Crippen molar-refractivity contribution < 1.29 is 9.90 Å². The van der Waals surface area contributed by atoms with Gasteiger partial charge < -0.3 is 10.4 Å². The van der Waals surface area contributed by atoms with Gasteiger partial charge in [-0.2, -0.15) is 5.10 Å². The van der Waals surface area contributed by atoms with Crippen LogP contribution in [-0.4, -0.2) is 23.8 Å². The Morgan fingerprint density at radius 3 is 2.73 bits per heavy atom. The number of hydrazone groups is 1. The lowest BCUT2D eigenvalue weighted by Gasteiger charge is -2.07. The number of anilines is 1. The summed E-state index contributed by atoms with van der Waals surface area (Å²) in [6.07, 6.45) is 1.41. The number of amides is 1. The van der Waals surface area contributed by atoms with E-state index in [1.54, 1.807) is 12.1 Å². The molecule has 3 aromatic carbocycles. The second-order valence-corrected chi connectivity index (χ2v) is 7.61. The predicted molar refractivity (Wildman–Crippen MR) is 117 cm³/mol. The Hall–Kier alpha value is -2.13. The van der Waals surface area contributed by atoms with Crippen LogP contribution >= 0.6 is 38.5 Å². The SMILES string of the molecule is O=C(CNc1ccc2ccccc2c1)N/N=C/c1cc(Br)cc(I)c1O. The fourth-order valence-corrected chi connectivity index (χ4v) is 3.93. The lowest BCUT2D eigenvalue weighted by Crippen LogP contribution is -2.25. The quantitative estimate of drug-likeness (QED) is 0.262. The number of phenolic OH excluding ortho intramolecular Hbond substituents is 1. The first-order chi connectivity index (χ1) is 12.5. The Morgan fingerprint density at radius 2 is 1.92 bits per heavy atom. The van der Waals surface area contributed by atoms with E-state index < -0.39 is 0 Å². The maximum Gasteiger partial charge on any atom is 0.259 e. The van der Waals surface area contributed by atoms with Gasteiger partial charge in [-0.1, -0.05) is 46.3 Å². The smallest absolute Gasteiger partial charge is 0.259 e. The van der Waals surface area contributed by atoms with E-state index in [0.29, 0.717) is 9.13 Å². The normalized spacial score (nSPS) is 11.0. The van der Waals surface area contributed by atoms with Crippen LogP contribution in [-0.2, 0) is 4.79 Å². The van der Waals surface area contributed by atoms with Gasteiger partial charge in [0.1, 0.15) is 5.75 Å². The predicted octanol–water partition coefficient (Wildman–Crippen LogP) is 4.47. The van der Waals surface area contributed by atoms with Crippen LogP contribution in [0, 0.1) is 3.57 Å². The van der Waals surface area contributed by atoms with Crippen LogP contribution in [0.2, 0.25) is 0 Å². The molecule has 0 atom stereocenters. The van der Waals surface area contributed by atoms with E-state index in [4.69, 9.17) is 0 Å². The van der Waals surface area contributed by atoms with Gasteiger partial charge >= 0.3 is 0 Å². The summed E-state index contributed by atoms with van der Waals surface area (Å²) in [6.45, 7) is 0.0949. The molecule has 5 nitrogen and oxygen atoms in total. The third-order valence-corrected chi connectivity index (χ3v) is 4.93. The molecular formula is C19H15BrIN3O2. The van der Waals surface area contributed by atoms with Crippen LogP contribution in [0.5, 0.6) is 5.75 Å². The number of carbonyl (C=O) groups is 1. The zero-order chi connectivity index (χ0) is 18.5. The van der Waals surface area contributed by atoms with Crippen molar-refractivity contribution in [3.63, 3.8) is 0 Å². The number of rotatable bonds is 5. The van der Waals surface area contributed by atoms with Crippen LogP contribution in [0.15, 0.2) is 64.2 Å². The molecule has 7 heteroatoms. The number of nitrogens with one attached hydrogen (secondary N) is 2. The molecule has 26 heavy (non-hydrogen) atoms. The molecule has 3 N–H and O–H groups in total. The zero-order valence-electron chi connectivity index (χ0n) is 13.5. The number of fused-ring (bicyclic) bond motifs is 1. The molecule has 3 rings (SSSR count). The van der Waals surface area contributed by atoms with Crippen LogP contribution in [0.1, 0.15) is 5.56 Å². The van der Waals surface area contributed by atoms with Crippen molar-refractivity contribution in [2.75, 3.05) is 11.9 Å². The van der Waals surface area contributed by atoms with Gasteiger partial charge in [-0.15, -0.1) is 0 Å². The third-order valence-electron chi connectivity index (χ3n) is 3.65. The molecule has 0 saturated carbocycles. The summed E-state index contributed by atoms with van der Waals surface area (Å²) in [6, 6.07) is 17.5. The number of hydrogen-bond donors (Lipinski definition) is 3. The molecule has 0 radical (unpaired) electrons. The Morgan fingerprint density at radius 1 is 1.15 bits per heavy atom. The van der Waals surface area contributed by atoms with Crippen molar-refractivity contribution in [2.24, 2.45) is 5.10 Å². The highest BCUT2D eigenvalue weighted by atomic mass is 127. The number of nitrogens with zero attached hydrogens (tertiary/aromatic N) is 1. The van der Waals surface area contributed by atoms with Gasteiger partial charge in [0, 0.05) is 15.7 Å². The molecule has 0 saturated heterocycles. The van der Waals surface area contributed by atoms with Gasteiger partial charge in [0.15, 0.2) is 0 Å². The third kappa shape index (κ3) is 4.73. The Bertz CT molecular complexity index is 992. The molecule has 0 spiro atoms. The highest BCUT2D eigenvalue weighted by molar-refractivity contribution is 14.1. The fraction of sp³-hybridized carbons (Fsp3) is 0.0526. The molecule has 132 valence electrons. The average Bonchev–Trinajstić information content (AvgIpc) is 2.63. The van der Waals surface area contributed by atoms with Gasteiger partial charge in [0.2, 0.25) is 0 Å². The molecule has 0 aliphatic carbocycles. The monoisotopic (exact) mass is 523 g/mol. The van der Waals surface area contributed by atoms with E-state index in [-0.39, 0.29) is 18.2 Å². The summed E-state index contributed by atoms with van der Waals surface area (Å²) in [5.41, 5.74) is 3.83. The lowest BCUT2D eigenvalue weighted by atomic mass is 10.1. The van der Waals surface area contributed by atoms with Gasteiger partial charge in [0.25, 0.3) is 5.91 Å². The van der Waals surface area contributed by atoms with E-state index in [0.717, 1.165) is 20.9 Å². The summed E-state index contributed by atoms with van der Waals surface area (Å²) in [5, 5.41) is 19.2. The molecule has 0 bridgehead atoms. The molecule has 0 aliphatic heterocycles. The molecule has 0 heterocycles. The molecular weight excluding hydrogens is 509 g/mol. The number of aromatic hydroxyl groups is 1. The van der Waals surface area contributed by atoms with Gasteiger partial charge in [0.05, 0.1) is 16.3 Å². The van der Waals surface area contributed by atoms with E-state index in [2.05, 4.69) is 31.8 Å². The van der Waals surface area contributed by atoms with Crippen molar-refractivity contribution >= 4 is 67.1 Å². The minimum atomic E-state index is -0.279. The van der Waals surface area contributed by atoms with Crippen molar-refractivity contribution in [1.82, 2.24) is 5.43 Å². The molecule has 0 aromatic heterocycles. The van der Waals surface area contributed by atoms with Crippen LogP contribution < -0.4 is 10.7 Å². The first-order valence-corrected chi connectivity index (χ1v) is 9.63. The van der Waals surface area contributed by atoms with E-state index in [9.17, 15) is 9.90 Å². The average molecular weight is 524 g/mol. The maximum absolute atomic E-state index is 11.9. The molecule has 3 aromatic rings. The first kappa shape index (κ1) is 18.7. The zero-order valence-corrected chi connectivity index (χ0v) is 17.3. The lowest BCUT2D eigenvalue weighted by molar-refractivity contribution is -0.119.